The van der Waals surface area contributed by atoms with Crippen LogP contribution in [0.15, 0.2) is 18.2 Å². The predicted octanol–water partition coefficient (Wildman–Crippen LogP) is 4.04. The number of rotatable bonds is 2. The average Bonchev–Trinajstić information content (AvgIpc) is 2.18. The highest BCUT2D eigenvalue weighted by Gasteiger charge is 2.31. The molecule has 0 aliphatic carbocycles. The van der Waals surface area contributed by atoms with Gasteiger partial charge in [0.25, 0.3) is 0 Å². The number of halogens is 3. The van der Waals surface area contributed by atoms with E-state index in [0.717, 1.165) is 12.1 Å². The SMILES string of the molecule is CC(=N)/C=C(\C)c1cc(C(F)(F)F)cc(N)c1C. The number of nitrogen functional groups attached to an aromatic ring is 1. The summed E-state index contributed by atoms with van der Waals surface area (Å²) in [4.78, 5) is 0. The Labute approximate surface area is 104 Å². The van der Waals surface area contributed by atoms with E-state index in [2.05, 4.69) is 0 Å². The van der Waals surface area contributed by atoms with E-state index in [1.54, 1.807) is 20.8 Å². The van der Waals surface area contributed by atoms with E-state index >= 15 is 0 Å². The second-order valence-corrected chi connectivity index (χ2v) is 4.25. The fourth-order valence-electron chi connectivity index (χ4n) is 1.71. The van der Waals surface area contributed by atoms with Crippen molar-refractivity contribution >= 4 is 17.0 Å². The van der Waals surface area contributed by atoms with Crippen LogP contribution in [0.25, 0.3) is 5.57 Å². The minimum Gasteiger partial charge on any atom is -0.398 e. The molecule has 0 radical (unpaired) electrons. The number of allylic oxidation sites excluding steroid dienone is 2. The van der Waals surface area contributed by atoms with Crippen molar-refractivity contribution in [1.82, 2.24) is 0 Å². The molecule has 98 valence electrons. The van der Waals surface area contributed by atoms with Crippen LogP contribution in [0.4, 0.5) is 18.9 Å². The number of nitrogens with one attached hydrogen (secondary N) is 1. The topological polar surface area (TPSA) is 49.9 Å². The summed E-state index contributed by atoms with van der Waals surface area (Å²) < 4.78 is 38.1. The fourth-order valence-corrected chi connectivity index (χ4v) is 1.71. The van der Waals surface area contributed by atoms with E-state index in [0.29, 0.717) is 16.7 Å². The van der Waals surface area contributed by atoms with Crippen LogP contribution in [0.1, 0.15) is 30.5 Å². The number of alkyl halides is 3. The Hall–Kier alpha value is -1.78. The van der Waals surface area contributed by atoms with Crippen LogP contribution in [0.3, 0.4) is 0 Å². The first-order valence-corrected chi connectivity index (χ1v) is 5.34. The first-order chi connectivity index (χ1) is 8.12. The fraction of sp³-hybridized carbons (Fsp3) is 0.308. The molecule has 1 aromatic rings. The molecule has 1 rings (SSSR count). The summed E-state index contributed by atoms with van der Waals surface area (Å²) in [6.07, 6.45) is -2.90. The standard InChI is InChI=1S/C13H15F3N2/c1-7(4-8(2)17)11-5-10(13(14,15)16)6-12(18)9(11)3/h4-6,17H,18H2,1-3H3/b7-4+,17-8?. The molecule has 0 unspecified atom stereocenters. The average molecular weight is 256 g/mol. The number of hydrogen-bond donors (Lipinski definition) is 2. The third kappa shape index (κ3) is 3.12. The Bertz CT molecular complexity index is 514. The maximum Gasteiger partial charge on any atom is 0.416 e. The molecule has 0 aliphatic rings. The summed E-state index contributed by atoms with van der Waals surface area (Å²) in [7, 11) is 0. The summed E-state index contributed by atoms with van der Waals surface area (Å²) in [5.74, 6) is 0. The largest absolute Gasteiger partial charge is 0.416 e. The summed E-state index contributed by atoms with van der Waals surface area (Å²) in [6, 6.07) is 2.00. The predicted molar refractivity (Wildman–Crippen MR) is 67.6 cm³/mol. The monoisotopic (exact) mass is 256 g/mol. The lowest BCUT2D eigenvalue weighted by Gasteiger charge is -2.14. The molecule has 2 nitrogen and oxygen atoms in total. The van der Waals surface area contributed by atoms with E-state index in [1.807, 2.05) is 0 Å². The molecule has 0 aromatic heterocycles. The van der Waals surface area contributed by atoms with E-state index in [1.165, 1.54) is 6.08 Å². The summed E-state index contributed by atoms with van der Waals surface area (Å²) in [6.45, 7) is 4.90. The van der Waals surface area contributed by atoms with Crippen LogP contribution in [-0.2, 0) is 6.18 Å². The molecule has 18 heavy (non-hydrogen) atoms. The quantitative estimate of drug-likeness (QED) is 0.609. The van der Waals surface area contributed by atoms with Crippen molar-refractivity contribution in [2.45, 2.75) is 26.9 Å². The van der Waals surface area contributed by atoms with Crippen LogP contribution >= 0.6 is 0 Å². The van der Waals surface area contributed by atoms with Crippen LogP contribution in [0.5, 0.6) is 0 Å². The zero-order valence-electron chi connectivity index (χ0n) is 10.4. The molecular formula is C13H15F3N2. The van der Waals surface area contributed by atoms with Gasteiger partial charge >= 0.3 is 6.18 Å². The molecule has 0 fully saturated rings. The van der Waals surface area contributed by atoms with Gasteiger partial charge in [0.15, 0.2) is 0 Å². The number of anilines is 1. The highest BCUT2D eigenvalue weighted by Crippen LogP contribution is 2.34. The van der Waals surface area contributed by atoms with Crippen LogP contribution < -0.4 is 5.73 Å². The molecule has 0 aliphatic heterocycles. The maximum absolute atomic E-state index is 12.7. The highest BCUT2D eigenvalue weighted by atomic mass is 19.4. The molecule has 0 atom stereocenters. The van der Waals surface area contributed by atoms with Gasteiger partial charge in [0.1, 0.15) is 0 Å². The molecule has 0 amide bonds. The molecule has 0 bridgehead atoms. The van der Waals surface area contributed by atoms with E-state index in [4.69, 9.17) is 11.1 Å². The van der Waals surface area contributed by atoms with Crippen molar-refractivity contribution in [2.24, 2.45) is 0 Å². The van der Waals surface area contributed by atoms with Gasteiger partial charge in [-0.15, -0.1) is 0 Å². The molecule has 0 heterocycles. The van der Waals surface area contributed by atoms with Crippen LogP contribution in [0.2, 0.25) is 0 Å². The summed E-state index contributed by atoms with van der Waals surface area (Å²) in [5, 5.41) is 7.34. The van der Waals surface area contributed by atoms with Crippen molar-refractivity contribution in [3.05, 3.63) is 34.9 Å². The van der Waals surface area contributed by atoms with Crippen molar-refractivity contribution < 1.29 is 13.2 Å². The first-order valence-electron chi connectivity index (χ1n) is 5.34. The van der Waals surface area contributed by atoms with Gasteiger partial charge in [-0.3, -0.25) is 0 Å². The van der Waals surface area contributed by atoms with Gasteiger partial charge in [-0.2, -0.15) is 13.2 Å². The van der Waals surface area contributed by atoms with E-state index in [-0.39, 0.29) is 11.4 Å². The molecule has 0 saturated heterocycles. The number of nitrogens with two attached hydrogens (primary N) is 1. The third-order valence-corrected chi connectivity index (χ3v) is 2.63. The normalized spacial score (nSPS) is 12.7. The van der Waals surface area contributed by atoms with Gasteiger partial charge in [0, 0.05) is 11.4 Å². The van der Waals surface area contributed by atoms with Gasteiger partial charge in [-0.05, 0) is 55.7 Å². The molecular weight excluding hydrogens is 241 g/mol. The van der Waals surface area contributed by atoms with Crippen LogP contribution in [-0.4, -0.2) is 5.71 Å². The second kappa shape index (κ2) is 4.84. The van der Waals surface area contributed by atoms with Crippen LogP contribution in [0, 0.1) is 12.3 Å². The zero-order valence-corrected chi connectivity index (χ0v) is 10.4. The second-order valence-electron chi connectivity index (χ2n) is 4.25. The van der Waals surface area contributed by atoms with Crippen molar-refractivity contribution in [1.29, 1.82) is 5.41 Å². The van der Waals surface area contributed by atoms with Crippen molar-refractivity contribution in [2.75, 3.05) is 5.73 Å². The Kier molecular flexibility index (Phi) is 3.84. The minimum absolute atomic E-state index is 0.107. The highest BCUT2D eigenvalue weighted by molar-refractivity contribution is 5.97. The Balaban J connectivity index is 3.45. The maximum atomic E-state index is 12.7. The van der Waals surface area contributed by atoms with E-state index in [9.17, 15) is 13.2 Å². The van der Waals surface area contributed by atoms with Gasteiger partial charge < -0.3 is 11.1 Å². The first kappa shape index (κ1) is 14.3. The van der Waals surface area contributed by atoms with Gasteiger partial charge in [-0.1, -0.05) is 0 Å². The van der Waals surface area contributed by atoms with Gasteiger partial charge in [0.05, 0.1) is 5.56 Å². The molecule has 1 aromatic carbocycles. The lowest BCUT2D eigenvalue weighted by molar-refractivity contribution is -0.137. The Morgan fingerprint density at radius 2 is 1.83 bits per heavy atom. The molecule has 5 heteroatoms. The lowest BCUT2D eigenvalue weighted by Crippen LogP contribution is -2.08. The number of benzene rings is 1. The molecule has 0 saturated carbocycles. The van der Waals surface area contributed by atoms with Crippen molar-refractivity contribution in [3.63, 3.8) is 0 Å². The Morgan fingerprint density at radius 1 is 1.28 bits per heavy atom. The lowest BCUT2D eigenvalue weighted by atomic mass is 9.96. The van der Waals surface area contributed by atoms with E-state index < -0.39 is 11.7 Å². The third-order valence-electron chi connectivity index (χ3n) is 2.63. The van der Waals surface area contributed by atoms with Crippen molar-refractivity contribution in [3.8, 4) is 0 Å². The minimum atomic E-state index is -4.42. The Morgan fingerprint density at radius 3 is 2.28 bits per heavy atom. The molecule has 0 spiro atoms. The summed E-state index contributed by atoms with van der Waals surface area (Å²) >= 11 is 0. The smallest absolute Gasteiger partial charge is 0.398 e. The number of hydrogen-bond acceptors (Lipinski definition) is 2. The van der Waals surface area contributed by atoms with Gasteiger partial charge in [0.2, 0.25) is 0 Å². The molecule has 3 N–H and O–H groups in total. The summed E-state index contributed by atoms with van der Waals surface area (Å²) in [5.41, 5.74) is 6.84. The van der Waals surface area contributed by atoms with Gasteiger partial charge in [-0.25, -0.2) is 0 Å². The zero-order chi connectivity index (χ0) is 14.1.